The second-order valence-electron chi connectivity index (χ2n) is 6.67. The molecule has 1 saturated heterocycles. The van der Waals surface area contributed by atoms with Gasteiger partial charge in [-0.2, -0.15) is 5.10 Å². The number of aromatic nitrogens is 5. The quantitative estimate of drug-likeness (QED) is 0.722. The van der Waals surface area contributed by atoms with Crippen molar-refractivity contribution in [2.75, 3.05) is 6.54 Å². The average molecular weight is 338 g/mol. The Morgan fingerprint density at radius 1 is 1.24 bits per heavy atom. The van der Waals surface area contributed by atoms with E-state index in [0.717, 1.165) is 43.3 Å². The van der Waals surface area contributed by atoms with Crippen LogP contribution in [0.5, 0.6) is 0 Å². The molecule has 3 aromatic heterocycles. The van der Waals surface area contributed by atoms with Crippen molar-refractivity contribution in [3.05, 3.63) is 58.2 Å². The van der Waals surface area contributed by atoms with Gasteiger partial charge in [-0.15, -0.1) is 0 Å². The number of nitrogens with zero attached hydrogens (tertiary/aromatic N) is 6. The molecule has 0 radical (unpaired) electrons. The van der Waals surface area contributed by atoms with Crippen LogP contribution < -0.4 is 5.56 Å². The summed E-state index contributed by atoms with van der Waals surface area (Å²) in [5.74, 6) is 1.76. The van der Waals surface area contributed by atoms with E-state index < -0.39 is 0 Å². The Balaban J connectivity index is 1.55. The topological polar surface area (TPSA) is 68.3 Å². The van der Waals surface area contributed by atoms with Crippen LogP contribution in [0, 0.1) is 13.8 Å². The van der Waals surface area contributed by atoms with Gasteiger partial charge in [0.15, 0.2) is 0 Å². The van der Waals surface area contributed by atoms with E-state index in [1.165, 1.54) is 0 Å². The molecule has 1 fully saturated rings. The van der Waals surface area contributed by atoms with E-state index in [-0.39, 0.29) is 5.56 Å². The Bertz CT molecular complexity index is 960. The van der Waals surface area contributed by atoms with Crippen LogP contribution in [0.25, 0.3) is 5.65 Å². The zero-order valence-corrected chi connectivity index (χ0v) is 14.6. The number of hydrogen-bond donors (Lipinski definition) is 0. The van der Waals surface area contributed by atoms with Gasteiger partial charge in [-0.05, 0) is 45.4 Å². The summed E-state index contributed by atoms with van der Waals surface area (Å²) < 4.78 is 3.56. The number of rotatable bonds is 4. The summed E-state index contributed by atoms with van der Waals surface area (Å²) in [5.41, 5.74) is 1.50. The predicted octanol–water partition coefficient (Wildman–Crippen LogP) is 1.57. The Kier molecular flexibility index (Phi) is 4.09. The van der Waals surface area contributed by atoms with Crippen LogP contribution in [0.3, 0.4) is 0 Å². The normalized spacial score (nSPS) is 18.2. The number of pyridine rings is 1. The summed E-state index contributed by atoms with van der Waals surface area (Å²) in [6.45, 7) is 6.46. The van der Waals surface area contributed by atoms with Crippen LogP contribution in [0.15, 0.2) is 35.3 Å². The van der Waals surface area contributed by atoms with Gasteiger partial charge in [0.05, 0.1) is 12.2 Å². The molecule has 1 aliphatic heterocycles. The summed E-state index contributed by atoms with van der Waals surface area (Å²) >= 11 is 0. The minimum Gasteiger partial charge on any atom is -0.293 e. The first-order chi connectivity index (χ1) is 12.1. The van der Waals surface area contributed by atoms with E-state index in [0.29, 0.717) is 18.2 Å². The van der Waals surface area contributed by atoms with Crippen molar-refractivity contribution >= 4 is 5.65 Å². The molecule has 130 valence electrons. The average Bonchev–Trinajstić information content (AvgIpc) is 3.14. The smallest absolute Gasteiger partial charge is 0.258 e. The standard InChI is InChI=1S/C18H22N6O/c1-13-19-14(2)24(21-13)12-16-6-5-8-22(16)11-15-10-18(25)23-9-4-3-7-17(23)20-15/h3-4,7,9-10,16H,5-6,8,11-12H2,1-2H3. The highest BCUT2D eigenvalue weighted by atomic mass is 16.1. The number of fused-ring (bicyclic) bond motifs is 1. The third-order valence-corrected chi connectivity index (χ3v) is 4.83. The molecule has 0 N–H and O–H groups in total. The minimum absolute atomic E-state index is 0.0286. The lowest BCUT2D eigenvalue weighted by Gasteiger charge is -2.24. The van der Waals surface area contributed by atoms with Gasteiger partial charge in [-0.3, -0.25) is 14.1 Å². The van der Waals surface area contributed by atoms with Crippen LogP contribution in [-0.2, 0) is 13.1 Å². The van der Waals surface area contributed by atoms with Crippen LogP contribution in [0.4, 0.5) is 0 Å². The first-order valence-electron chi connectivity index (χ1n) is 8.69. The van der Waals surface area contributed by atoms with Gasteiger partial charge in [0.2, 0.25) is 0 Å². The Labute approximate surface area is 145 Å². The fraction of sp³-hybridized carbons (Fsp3) is 0.444. The monoisotopic (exact) mass is 338 g/mol. The van der Waals surface area contributed by atoms with E-state index in [4.69, 9.17) is 0 Å². The number of aryl methyl sites for hydroxylation is 2. The predicted molar refractivity (Wildman–Crippen MR) is 94.4 cm³/mol. The van der Waals surface area contributed by atoms with Crippen molar-refractivity contribution < 1.29 is 0 Å². The van der Waals surface area contributed by atoms with Gasteiger partial charge in [0, 0.05) is 24.8 Å². The third kappa shape index (κ3) is 3.19. The van der Waals surface area contributed by atoms with E-state index in [2.05, 4.69) is 20.0 Å². The third-order valence-electron chi connectivity index (χ3n) is 4.83. The molecular weight excluding hydrogens is 316 g/mol. The van der Waals surface area contributed by atoms with Crippen LogP contribution in [-0.4, -0.2) is 41.6 Å². The van der Waals surface area contributed by atoms with Gasteiger partial charge in [0.25, 0.3) is 5.56 Å². The Morgan fingerprint density at radius 3 is 2.92 bits per heavy atom. The molecule has 3 aromatic rings. The highest BCUT2D eigenvalue weighted by Gasteiger charge is 2.26. The molecule has 0 spiro atoms. The SMILES string of the molecule is Cc1nc(C)n(CC2CCCN2Cc2cc(=O)n3ccccc3n2)n1. The second-order valence-corrected chi connectivity index (χ2v) is 6.67. The fourth-order valence-electron chi connectivity index (χ4n) is 3.64. The molecule has 0 amide bonds. The largest absolute Gasteiger partial charge is 0.293 e. The molecule has 0 saturated carbocycles. The van der Waals surface area contributed by atoms with Crippen LogP contribution in [0.2, 0.25) is 0 Å². The molecule has 7 nitrogen and oxygen atoms in total. The van der Waals surface area contributed by atoms with E-state index in [9.17, 15) is 4.79 Å². The Morgan fingerprint density at radius 2 is 2.12 bits per heavy atom. The van der Waals surface area contributed by atoms with Crippen molar-refractivity contribution in [3.63, 3.8) is 0 Å². The van der Waals surface area contributed by atoms with Crippen LogP contribution in [0.1, 0.15) is 30.2 Å². The van der Waals surface area contributed by atoms with Gasteiger partial charge in [-0.25, -0.2) is 14.6 Å². The van der Waals surface area contributed by atoms with Crippen molar-refractivity contribution in [1.82, 2.24) is 29.0 Å². The second kappa shape index (κ2) is 6.40. The summed E-state index contributed by atoms with van der Waals surface area (Å²) in [6.07, 6.45) is 4.04. The summed E-state index contributed by atoms with van der Waals surface area (Å²) in [7, 11) is 0. The number of likely N-dealkylation sites (tertiary alicyclic amines) is 1. The molecule has 4 rings (SSSR count). The van der Waals surface area contributed by atoms with Crippen molar-refractivity contribution in [1.29, 1.82) is 0 Å². The lowest BCUT2D eigenvalue weighted by atomic mass is 10.2. The molecule has 0 bridgehead atoms. The Hall–Kier alpha value is -2.54. The van der Waals surface area contributed by atoms with Gasteiger partial charge in [0.1, 0.15) is 17.3 Å². The zero-order valence-electron chi connectivity index (χ0n) is 14.6. The molecule has 1 unspecified atom stereocenters. The van der Waals surface area contributed by atoms with Crippen molar-refractivity contribution in [2.45, 2.75) is 45.8 Å². The van der Waals surface area contributed by atoms with E-state index in [1.54, 1.807) is 16.7 Å². The molecule has 1 aliphatic rings. The maximum absolute atomic E-state index is 12.3. The highest BCUT2D eigenvalue weighted by Crippen LogP contribution is 2.21. The van der Waals surface area contributed by atoms with Crippen molar-refractivity contribution in [2.24, 2.45) is 0 Å². The summed E-state index contributed by atoms with van der Waals surface area (Å²) in [5, 5.41) is 4.48. The molecule has 4 heterocycles. The van der Waals surface area contributed by atoms with E-state index in [1.807, 2.05) is 36.7 Å². The highest BCUT2D eigenvalue weighted by molar-refractivity contribution is 5.38. The van der Waals surface area contributed by atoms with Gasteiger partial charge in [-0.1, -0.05) is 6.07 Å². The minimum atomic E-state index is -0.0286. The zero-order chi connectivity index (χ0) is 17.4. The van der Waals surface area contributed by atoms with Gasteiger partial charge < -0.3 is 0 Å². The lowest BCUT2D eigenvalue weighted by Crippen LogP contribution is -2.34. The fourth-order valence-corrected chi connectivity index (χ4v) is 3.64. The maximum atomic E-state index is 12.3. The molecular formula is C18H22N6O. The van der Waals surface area contributed by atoms with Gasteiger partial charge >= 0.3 is 0 Å². The summed E-state index contributed by atoms with van der Waals surface area (Å²) in [4.78, 5) is 23.7. The molecule has 7 heteroatoms. The summed E-state index contributed by atoms with van der Waals surface area (Å²) in [6, 6.07) is 7.66. The van der Waals surface area contributed by atoms with Crippen LogP contribution >= 0.6 is 0 Å². The molecule has 0 aromatic carbocycles. The van der Waals surface area contributed by atoms with Crippen molar-refractivity contribution in [3.8, 4) is 0 Å². The molecule has 25 heavy (non-hydrogen) atoms. The first kappa shape index (κ1) is 16.0. The molecule has 0 aliphatic carbocycles. The molecule has 1 atom stereocenters. The maximum Gasteiger partial charge on any atom is 0.258 e. The first-order valence-corrected chi connectivity index (χ1v) is 8.69. The lowest BCUT2D eigenvalue weighted by molar-refractivity contribution is 0.215. The van der Waals surface area contributed by atoms with E-state index >= 15 is 0 Å². The number of hydrogen-bond acceptors (Lipinski definition) is 5.